The maximum atomic E-state index is 12.0. The fourth-order valence-corrected chi connectivity index (χ4v) is 3.38. The molecule has 2 heterocycles. The molecule has 0 bridgehead atoms. The fourth-order valence-electron chi connectivity index (χ4n) is 2.34. The zero-order valence-electron chi connectivity index (χ0n) is 12.1. The predicted molar refractivity (Wildman–Crippen MR) is 81.9 cm³/mol. The van der Waals surface area contributed by atoms with E-state index in [1.54, 1.807) is 16.4 Å². The van der Waals surface area contributed by atoms with Crippen LogP contribution in [0.2, 0.25) is 0 Å². The summed E-state index contributed by atoms with van der Waals surface area (Å²) in [6, 6.07) is 0. The van der Waals surface area contributed by atoms with Crippen molar-refractivity contribution in [1.29, 1.82) is 0 Å². The second-order valence-corrected chi connectivity index (χ2v) is 6.52. The third kappa shape index (κ3) is 3.23. The molecule has 114 valence electrons. The van der Waals surface area contributed by atoms with E-state index >= 15 is 0 Å². The van der Waals surface area contributed by atoms with Crippen LogP contribution in [0.1, 0.15) is 37.4 Å². The highest BCUT2D eigenvalue weighted by molar-refractivity contribution is 7.98. The Morgan fingerprint density at radius 1 is 1.38 bits per heavy atom. The zero-order valence-corrected chi connectivity index (χ0v) is 13.0. The molecule has 0 spiro atoms. The number of hydrogen-bond donors (Lipinski definition) is 2. The molecule has 1 fully saturated rings. The van der Waals surface area contributed by atoms with E-state index in [9.17, 15) is 9.59 Å². The van der Waals surface area contributed by atoms with Gasteiger partial charge in [0.25, 0.3) is 0 Å². The van der Waals surface area contributed by atoms with Crippen molar-refractivity contribution >= 4 is 29.4 Å². The van der Waals surface area contributed by atoms with Crippen LogP contribution in [0.4, 0.5) is 5.82 Å². The van der Waals surface area contributed by atoms with Crippen molar-refractivity contribution in [1.82, 2.24) is 15.1 Å². The largest absolute Gasteiger partial charge is 0.355 e. The maximum absolute atomic E-state index is 12.0. The smallest absolute Gasteiger partial charge is 0.241 e. The average Bonchev–Trinajstić information content (AvgIpc) is 3.14. The van der Waals surface area contributed by atoms with Gasteiger partial charge in [0.2, 0.25) is 11.8 Å². The molecule has 6 nitrogen and oxygen atoms in total. The second-order valence-electron chi connectivity index (χ2n) is 5.54. The highest BCUT2D eigenvalue weighted by Gasteiger charge is 2.32. The van der Waals surface area contributed by atoms with Gasteiger partial charge in [-0.15, -0.1) is 0 Å². The zero-order chi connectivity index (χ0) is 14.8. The van der Waals surface area contributed by atoms with Crippen molar-refractivity contribution in [3.8, 4) is 0 Å². The lowest BCUT2D eigenvalue weighted by Crippen LogP contribution is -2.29. The Kier molecular flexibility index (Phi) is 4.19. The number of aromatic nitrogens is 2. The minimum absolute atomic E-state index is 0.0600. The first kappa shape index (κ1) is 14.4. The van der Waals surface area contributed by atoms with Crippen LogP contribution in [0, 0.1) is 5.92 Å². The van der Waals surface area contributed by atoms with Gasteiger partial charge >= 0.3 is 0 Å². The molecule has 3 rings (SSSR count). The predicted octanol–water partition coefficient (Wildman–Crippen LogP) is 1.50. The molecule has 1 aromatic heterocycles. The van der Waals surface area contributed by atoms with Crippen LogP contribution >= 0.6 is 11.8 Å². The van der Waals surface area contributed by atoms with E-state index in [4.69, 9.17) is 0 Å². The molecule has 7 heteroatoms. The van der Waals surface area contributed by atoms with Gasteiger partial charge in [-0.1, -0.05) is 6.92 Å². The summed E-state index contributed by atoms with van der Waals surface area (Å²) in [5.74, 6) is 2.57. The summed E-state index contributed by atoms with van der Waals surface area (Å²) < 4.78 is 1.65. The molecule has 2 N–H and O–H groups in total. The van der Waals surface area contributed by atoms with Crippen molar-refractivity contribution in [3.05, 3.63) is 11.3 Å². The van der Waals surface area contributed by atoms with Crippen molar-refractivity contribution in [3.63, 3.8) is 0 Å². The molecule has 1 aromatic rings. The van der Waals surface area contributed by atoms with Crippen LogP contribution in [0.15, 0.2) is 0 Å². The van der Waals surface area contributed by atoms with E-state index in [1.165, 1.54) is 0 Å². The Morgan fingerprint density at radius 2 is 2.19 bits per heavy atom. The van der Waals surface area contributed by atoms with Crippen LogP contribution < -0.4 is 10.6 Å². The van der Waals surface area contributed by atoms with Crippen LogP contribution in [-0.4, -0.2) is 28.1 Å². The van der Waals surface area contributed by atoms with Gasteiger partial charge in [-0.05, 0) is 19.3 Å². The van der Waals surface area contributed by atoms with Gasteiger partial charge in [-0.3, -0.25) is 9.59 Å². The summed E-state index contributed by atoms with van der Waals surface area (Å²) in [5.41, 5.74) is 2.08. The topological polar surface area (TPSA) is 76.0 Å². The van der Waals surface area contributed by atoms with Crippen molar-refractivity contribution in [2.75, 3.05) is 11.9 Å². The monoisotopic (exact) mass is 308 g/mol. The third-order valence-corrected chi connectivity index (χ3v) is 4.64. The van der Waals surface area contributed by atoms with Crippen LogP contribution in [0.5, 0.6) is 0 Å². The first-order valence-electron chi connectivity index (χ1n) is 7.43. The van der Waals surface area contributed by atoms with Gasteiger partial charge in [0.1, 0.15) is 12.4 Å². The first-order valence-corrected chi connectivity index (χ1v) is 8.58. The molecule has 1 aliphatic carbocycles. The second kappa shape index (κ2) is 6.09. The number of nitrogens with one attached hydrogen (secondary N) is 2. The van der Waals surface area contributed by atoms with E-state index in [0.717, 1.165) is 47.8 Å². The van der Waals surface area contributed by atoms with Gasteiger partial charge in [-0.25, -0.2) is 4.68 Å². The molecule has 0 radical (unpaired) electrons. The highest BCUT2D eigenvalue weighted by atomic mass is 32.2. The summed E-state index contributed by atoms with van der Waals surface area (Å²) in [4.78, 5) is 23.9. The summed E-state index contributed by atoms with van der Waals surface area (Å²) >= 11 is 1.79. The molecule has 2 amide bonds. The molecule has 2 aliphatic rings. The number of amides is 2. The van der Waals surface area contributed by atoms with Gasteiger partial charge in [-0.2, -0.15) is 16.9 Å². The Bertz CT molecular complexity index is 566. The SMILES string of the molecule is CCCNC(=O)Cn1nc2c(c1NC(=O)C1CC1)CSC2. The molecule has 0 aromatic carbocycles. The van der Waals surface area contributed by atoms with Crippen LogP contribution in [0.3, 0.4) is 0 Å². The number of fused-ring (bicyclic) bond motifs is 1. The molecule has 21 heavy (non-hydrogen) atoms. The lowest BCUT2D eigenvalue weighted by atomic mass is 10.2. The first-order chi connectivity index (χ1) is 10.2. The van der Waals surface area contributed by atoms with E-state index in [-0.39, 0.29) is 24.3 Å². The highest BCUT2D eigenvalue weighted by Crippen LogP contribution is 2.36. The van der Waals surface area contributed by atoms with Gasteiger partial charge in [0.05, 0.1) is 5.69 Å². The number of nitrogens with zero attached hydrogens (tertiary/aromatic N) is 2. The summed E-state index contributed by atoms with van der Waals surface area (Å²) in [6.45, 7) is 2.85. The number of thioether (sulfide) groups is 1. The molecule has 0 atom stereocenters. The fraction of sp³-hybridized carbons (Fsp3) is 0.643. The third-order valence-electron chi connectivity index (χ3n) is 3.67. The van der Waals surface area contributed by atoms with E-state index in [0.29, 0.717) is 6.54 Å². The number of rotatable bonds is 6. The van der Waals surface area contributed by atoms with Crippen LogP contribution in [-0.2, 0) is 27.6 Å². The van der Waals surface area contributed by atoms with Gasteiger partial charge < -0.3 is 10.6 Å². The molecule has 1 aliphatic heterocycles. The van der Waals surface area contributed by atoms with E-state index in [1.807, 2.05) is 6.92 Å². The lowest BCUT2D eigenvalue weighted by molar-refractivity contribution is -0.122. The molecular weight excluding hydrogens is 288 g/mol. The lowest BCUT2D eigenvalue weighted by Gasteiger charge is -2.10. The molecule has 0 unspecified atom stereocenters. The maximum Gasteiger partial charge on any atom is 0.241 e. The minimum Gasteiger partial charge on any atom is -0.355 e. The number of hydrogen-bond acceptors (Lipinski definition) is 4. The Balaban J connectivity index is 1.75. The number of anilines is 1. The molecular formula is C14H20N4O2S. The minimum atomic E-state index is -0.0624. The normalized spacial score (nSPS) is 16.6. The summed E-state index contributed by atoms with van der Waals surface area (Å²) in [7, 11) is 0. The van der Waals surface area contributed by atoms with Gasteiger partial charge in [0, 0.05) is 29.5 Å². The Labute approximate surface area is 128 Å². The number of carbonyl (C=O) groups excluding carboxylic acids is 2. The Morgan fingerprint density at radius 3 is 2.90 bits per heavy atom. The molecule has 0 saturated heterocycles. The quantitative estimate of drug-likeness (QED) is 0.835. The van der Waals surface area contributed by atoms with Crippen molar-refractivity contribution < 1.29 is 9.59 Å². The van der Waals surface area contributed by atoms with Crippen molar-refractivity contribution in [2.45, 2.75) is 44.2 Å². The summed E-state index contributed by atoms with van der Waals surface area (Å²) in [6.07, 6.45) is 2.84. The number of carbonyl (C=O) groups is 2. The van der Waals surface area contributed by atoms with E-state index in [2.05, 4.69) is 15.7 Å². The molecule has 1 saturated carbocycles. The van der Waals surface area contributed by atoms with Crippen molar-refractivity contribution in [2.24, 2.45) is 5.92 Å². The van der Waals surface area contributed by atoms with E-state index < -0.39 is 0 Å². The standard InChI is InChI=1S/C14H20N4O2S/c1-2-5-15-12(19)6-18-13(16-14(20)9-3-4-9)10-7-21-8-11(10)17-18/h9H,2-8H2,1H3,(H,15,19)(H,16,20). The van der Waals surface area contributed by atoms with Crippen LogP contribution in [0.25, 0.3) is 0 Å². The van der Waals surface area contributed by atoms with Gasteiger partial charge in [0.15, 0.2) is 0 Å². The average molecular weight is 308 g/mol. The Hall–Kier alpha value is -1.50. The summed E-state index contributed by atoms with van der Waals surface area (Å²) in [5, 5.41) is 10.3.